The van der Waals surface area contributed by atoms with E-state index >= 15 is 0 Å². The molecule has 166 valence electrons. The Hall–Kier alpha value is -2.94. The fourth-order valence-electron chi connectivity index (χ4n) is 3.90. The molecule has 2 aliphatic heterocycles. The molecular weight excluding hydrogens is 394 g/mol. The third-order valence-corrected chi connectivity index (χ3v) is 5.94. The summed E-state index contributed by atoms with van der Waals surface area (Å²) in [7, 11) is 1.96. The number of aliphatic imine (C=N–C) groups is 1. The van der Waals surface area contributed by atoms with Gasteiger partial charge < -0.3 is 24.4 Å². The Morgan fingerprint density at radius 2 is 1.90 bits per heavy atom. The van der Waals surface area contributed by atoms with Gasteiger partial charge in [-0.05, 0) is 25.3 Å². The molecule has 3 heterocycles. The Morgan fingerprint density at radius 3 is 2.55 bits per heavy atom. The molecule has 0 bridgehead atoms. The number of aryl methyl sites for hydroxylation is 1. The van der Waals surface area contributed by atoms with E-state index in [2.05, 4.69) is 32.5 Å². The van der Waals surface area contributed by atoms with Crippen LogP contribution in [-0.4, -0.2) is 75.3 Å². The highest BCUT2D eigenvalue weighted by molar-refractivity contribution is 5.82. The van der Waals surface area contributed by atoms with E-state index in [1.807, 2.05) is 41.6 Å². The Morgan fingerprint density at radius 1 is 1.16 bits per heavy atom. The molecule has 0 aliphatic carbocycles. The minimum atomic E-state index is -0.255. The maximum Gasteiger partial charge on any atom is 0.251 e. The number of amides is 1. The van der Waals surface area contributed by atoms with Crippen LogP contribution in [0.3, 0.4) is 0 Å². The molecule has 0 saturated carbocycles. The first-order valence-electron chi connectivity index (χ1n) is 10.9. The summed E-state index contributed by atoms with van der Waals surface area (Å²) in [4.78, 5) is 21.7. The van der Waals surface area contributed by atoms with Crippen LogP contribution >= 0.6 is 0 Å². The molecule has 2 saturated heterocycles. The Kier molecular flexibility index (Phi) is 6.81. The molecule has 9 heteroatoms. The zero-order valence-corrected chi connectivity index (χ0v) is 18.3. The zero-order chi connectivity index (χ0) is 21.6. The lowest BCUT2D eigenvalue weighted by atomic mass is 10.2. The Labute approximate surface area is 183 Å². The molecule has 4 rings (SSSR count). The number of benzene rings is 1. The molecule has 0 spiro atoms. The molecule has 31 heavy (non-hydrogen) atoms. The van der Waals surface area contributed by atoms with Gasteiger partial charge in [-0.25, -0.2) is 4.99 Å². The van der Waals surface area contributed by atoms with Crippen molar-refractivity contribution in [2.75, 3.05) is 32.8 Å². The van der Waals surface area contributed by atoms with E-state index in [-0.39, 0.29) is 12.0 Å². The number of nitrogens with zero attached hydrogens (tertiary/aromatic N) is 6. The lowest BCUT2D eigenvalue weighted by Crippen LogP contribution is -2.55. The molecule has 1 aromatic heterocycles. The second kappa shape index (κ2) is 9.91. The predicted molar refractivity (Wildman–Crippen MR) is 117 cm³/mol. The van der Waals surface area contributed by atoms with E-state index in [9.17, 15) is 4.79 Å². The number of carbonyl (C=O) groups is 1. The van der Waals surface area contributed by atoms with Gasteiger partial charge in [0.1, 0.15) is 11.9 Å². The van der Waals surface area contributed by atoms with Crippen LogP contribution in [0.25, 0.3) is 0 Å². The fourth-order valence-corrected chi connectivity index (χ4v) is 3.90. The van der Waals surface area contributed by atoms with E-state index in [0.717, 1.165) is 49.1 Å². The van der Waals surface area contributed by atoms with Crippen molar-refractivity contribution in [3.05, 3.63) is 47.5 Å². The smallest absolute Gasteiger partial charge is 0.251 e. The van der Waals surface area contributed by atoms with Crippen molar-refractivity contribution in [2.24, 2.45) is 12.0 Å². The van der Waals surface area contributed by atoms with Gasteiger partial charge in [-0.3, -0.25) is 4.79 Å². The lowest BCUT2D eigenvalue weighted by Gasteiger charge is -2.37. The van der Waals surface area contributed by atoms with Crippen LogP contribution in [-0.2, 0) is 29.7 Å². The minimum absolute atomic E-state index is 0.127. The van der Waals surface area contributed by atoms with E-state index in [0.29, 0.717) is 32.8 Å². The molecule has 1 atom stereocenters. The highest BCUT2D eigenvalue weighted by Gasteiger charge is 2.31. The molecule has 2 fully saturated rings. The molecule has 1 unspecified atom stereocenters. The van der Waals surface area contributed by atoms with Crippen LogP contribution in [0.2, 0.25) is 0 Å². The third-order valence-electron chi connectivity index (χ3n) is 5.94. The summed E-state index contributed by atoms with van der Waals surface area (Å²) < 4.78 is 7.55. The normalized spacial score (nSPS) is 19.7. The third kappa shape index (κ3) is 5.22. The van der Waals surface area contributed by atoms with E-state index < -0.39 is 0 Å². The molecule has 0 radical (unpaired) electrons. The zero-order valence-electron chi connectivity index (χ0n) is 18.3. The summed E-state index contributed by atoms with van der Waals surface area (Å²) in [5, 5.41) is 11.8. The largest absolute Gasteiger partial charge is 0.368 e. The van der Waals surface area contributed by atoms with Crippen molar-refractivity contribution in [3.63, 3.8) is 0 Å². The second-order valence-electron chi connectivity index (χ2n) is 8.02. The topological polar surface area (TPSA) is 87.9 Å². The van der Waals surface area contributed by atoms with Crippen LogP contribution in [0.4, 0.5) is 0 Å². The molecule has 9 nitrogen and oxygen atoms in total. The summed E-state index contributed by atoms with van der Waals surface area (Å²) in [6.45, 7) is 6.58. The van der Waals surface area contributed by atoms with Crippen LogP contribution < -0.4 is 5.32 Å². The Balaban J connectivity index is 1.41. The average Bonchev–Trinajstić information content (AvgIpc) is 3.45. The number of carbonyl (C=O) groups excluding carboxylic acids is 1. The highest BCUT2D eigenvalue weighted by Crippen LogP contribution is 2.16. The quantitative estimate of drug-likeness (QED) is 0.570. The number of piperazine rings is 1. The molecule has 2 aliphatic rings. The molecule has 1 amide bonds. The van der Waals surface area contributed by atoms with Gasteiger partial charge in [0, 0.05) is 39.8 Å². The van der Waals surface area contributed by atoms with Gasteiger partial charge in [-0.15, -0.1) is 10.2 Å². The number of ether oxygens (including phenoxy) is 1. The second-order valence-corrected chi connectivity index (χ2v) is 8.02. The number of guanidine groups is 1. The minimum Gasteiger partial charge on any atom is -0.368 e. The van der Waals surface area contributed by atoms with Gasteiger partial charge >= 0.3 is 0 Å². The Bertz CT molecular complexity index is 898. The highest BCUT2D eigenvalue weighted by atomic mass is 16.5. The summed E-state index contributed by atoms with van der Waals surface area (Å²) in [6, 6.07) is 10.2. The summed E-state index contributed by atoms with van der Waals surface area (Å²) in [5.41, 5.74) is 1.16. The monoisotopic (exact) mass is 425 g/mol. The van der Waals surface area contributed by atoms with Crippen molar-refractivity contribution in [2.45, 2.75) is 39.0 Å². The fraction of sp³-hybridized carbons (Fsp3) is 0.545. The average molecular weight is 426 g/mol. The van der Waals surface area contributed by atoms with Crippen molar-refractivity contribution < 1.29 is 9.53 Å². The lowest BCUT2D eigenvalue weighted by molar-refractivity contribution is -0.142. The maximum atomic E-state index is 12.7. The van der Waals surface area contributed by atoms with Crippen molar-refractivity contribution in [1.82, 2.24) is 29.9 Å². The maximum absolute atomic E-state index is 12.7. The first-order chi connectivity index (χ1) is 15.1. The van der Waals surface area contributed by atoms with Gasteiger partial charge in [-0.1, -0.05) is 30.3 Å². The first kappa shape index (κ1) is 21.3. The summed E-state index contributed by atoms with van der Waals surface area (Å²) in [6.07, 6.45) is 1.55. The summed E-state index contributed by atoms with van der Waals surface area (Å²) >= 11 is 0. The van der Waals surface area contributed by atoms with Crippen molar-refractivity contribution in [1.29, 1.82) is 0 Å². The molecule has 1 aromatic carbocycles. The number of hydrogen-bond acceptors (Lipinski definition) is 5. The molecular formula is C22H31N7O2. The van der Waals surface area contributed by atoms with Crippen molar-refractivity contribution >= 4 is 11.9 Å². The summed E-state index contributed by atoms with van der Waals surface area (Å²) in [5.74, 6) is 2.69. The van der Waals surface area contributed by atoms with Gasteiger partial charge in [0.05, 0.1) is 13.1 Å². The molecule has 2 aromatic rings. The first-order valence-corrected chi connectivity index (χ1v) is 10.9. The van der Waals surface area contributed by atoms with E-state index in [1.54, 1.807) is 0 Å². The van der Waals surface area contributed by atoms with E-state index in [4.69, 9.17) is 9.73 Å². The number of aromatic nitrogens is 3. The van der Waals surface area contributed by atoms with E-state index in [1.165, 1.54) is 0 Å². The van der Waals surface area contributed by atoms with Gasteiger partial charge in [0.2, 0.25) is 0 Å². The predicted octanol–water partition coefficient (Wildman–Crippen LogP) is 1.09. The van der Waals surface area contributed by atoms with Gasteiger partial charge in [0.15, 0.2) is 11.8 Å². The van der Waals surface area contributed by atoms with Crippen LogP contribution in [0.5, 0.6) is 0 Å². The standard InChI is InChI=1S/C22H31N7O2/c1-17-25-26-20(27(17)2)16-24-22(23-15-18-7-4-3-5-8-18)29-12-10-28(11-13-29)21(30)19-9-6-14-31-19/h3-5,7-8,19H,6,9-16H2,1-2H3,(H,23,24). The SMILES string of the molecule is Cc1nnc(CNC(=NCc2ccccc2)N2CCN(C(=O)C3CCCO3)CC2)n1C. The van der Waals surface area contributed by atoms with Gasteiger partial charge in [-0.2, -0.15) is 0 Å². The number of rotatable bonds is 5. The number of nitrogens with one attached hydrogen (secondary N) is 1. The van der Waals surface area contributed by atoms with Gasteiger partial charge in [0.25, 0.3) is 5.91 Å². The van der Waals surface area contributed by atoms with Crippen LogP contribution in [0.15, 0.2) is 35.3 Å². The van der Waals surface area contributed by atoms with Crippen LogP contribution in [0.1, 0.15) is 30.1 Å². The number of hydrogen-bond donors (Lipinski definition) is 1. The van der Waals surface area contributed by atoms with Crippen LogP contribution in [0, 0.1) is 6.92 Å². The van der Waals surface area contributed by atoms with Crippen molar-refractivity contribution in [3.8, 4) is 0 Å². The molecule has 1 N–H and O–H groups in total.